The van der Waals surface area contributed by atoms with Crippen LogP contribution >= 0.6 is 0 Å². The minimum absolute atomic E-state index is 0.0356. The van der Waals surface area contributed by atoms with E-state index < -0.39 is 35.6 Å². The Bertz CT molecular complexity index is 1450. The summed E-state index contributed by atoms with van der Waals surface area (Å²) in [5.74, 6) is -0.961. The second-order valence-corrected chi connectivity index (χ2v) is 11.7. The van der Waals surface area contributed by atoms with Crippen LogP contribution in [0.4, 0.5) is 10.5 Å². The first-order valence-corrected chi connectivity index (χ1v) is 13.8. The van der Waals surface area contributed by atoms with Gasteiger partial charge in [0.1, 0.15) is 24.2 Å². The Morgan fingerprint density at radius 3 is 2.29 bits per heavy atom. The van der Waals surface area contributed by atoms with Crippen molar-refractivity contribution in [2.75, 3.05) is 11.9 Å². The maximum absolute atomic E-state index is 14.1. The lowest BCUT2D eigenvalue weighted by Gasteiger charge is -2.34. The third kappa shape index (κ3) is 8.31. The number of alkyl carbamates (subject to hydrolysis) is 1. The zero-order valence-electron chi connectivity index (χ0n) is 24.9. The van der Waals surface area contributed by atoms with Gasteiger partial charge in [0.25, 0.3) is 5.91 Å². The molecule has 0 radical (unpaired) electrons. The molecule has 0 saturated heterocycles. The van der Waals surface area contributed by atoms with Gasteiger partial charge in [0.2, 0.25) is 5.91 Å². The Morgan fingerprint density at radius 2 is 1.66 bits per heavy atom. The molecule has 0 aliphatic rings. The molecule has 8 heteroatoms. The van der Waals surface area contributed by atoms with Crippen molar-refractivity contribution in [2.45, 2.75) is 72.6 Å². The molecule has 0 aliphatic carbocycles. The molecule has 3 aromatic rings. The van der Waals surface area contributed by atoms with Crippen molar-refractivity contribution in [3.05, 3.63) is 77.4 Å². The zero-order valence-corrected chi connectivity index (χ0v) is 24.9. The number of amides is 3. The second kappa shape index (κ2) is 13.3. The van der Waals surface area contributed by atoms with Crippen molar-refractivity contribution in [1.82, 2.24) is 10.2 Å². The Balaban J connectivity index is 2.05. The first-order valence-electron chi connectivity index (χ1n) is 13.8. The summed E-state index contributed by atoms with van der Waals surface area (Å²) in [5, 5.41) is 17.5. The van der Waals surface area contributed by atoms with Crippen molar-refractivity contribution in [3.63, 3.8) is 0 Å². The van der Waals surface area contributed by atoms with E-state index >= 15 is 0 Å². The summed E-state index contributed by atoms with van der Waals surface area (Å²) < 4.78 is 5.42. The van der Waals surface area contributed by atoms with Gasteiger partial charge in [-0.25, -0.2) is 4.79 Å². The number of hydrogen-bond donors (Lipinski definition) is 2. The molecule has 2 atom stereocenters. The van der Waals surface area contributed by atoms with E-state index in [0.29, 0.717) is 17.7 Å². The number of carbonyl (C=O) groups is 3. The number of aryl methyl sites for hydroxylation is 1. The normalized spacial score (nSPS) is 12.8. The summed E-state index contributed by atoms with van der Waals surface area (Å²) >= 11 is 0. The highest BCUT2D eigenvalue weighted by Crippen LogP contribution is 2.29. The van der Waals surface area contributed by atoms with Gasteiger partial charge < -0.3 is 20.3 Å². The Morgan fingerprint density at radius 1 is 0.976 bits per heavy atom. The Labute approximate surface area is 242 Å². The van der Waals surface area contributed by atoms with Gasteiger partial charge in [0.15, 0.2) is 0 Å². The van der Waals surface area contributed by atoms with Crippen molar-refractivity contribution < 1.29 is 19.1 Å². The third-order valence-electron chi connectivity index (χ3n) is 6.74. The van der Waals surface area contributed by atoms with Crippen molar-refractivity contribution >= 4 is 34.4 Å². The zero-order chi connectivity index (χ0) is 30.3. The number of hydrogen-bond acceptors (Lipinski definition) is 5. The number of ether oxygens (including phenoxy) is 1. The lowest BCUT2D eigenvalue weighted by Crippen LogP contribution is -2.53. The quantitative estimate of drug-likeness (QED) is 0.295. The van der Waals surface area contributed by atoms with Gasteiger partial charge >= 0.3 is 6.09 Å². The molecule has 3 rings (SSSR count). The number of rotatable bonds is 9. The fraction of sp³-hybridized carbons (Fsp3) is 0.394. The van der Waals surface area contributed by atoms with E-state index in [1.165, 1.54) is 4.90 Å². The van der Waals surface area contributed by atoms with Crippen LogP contribution in [0.1, 0.15) is 63.8 Å². The maximum atomic E-state index is 14.1. The highest BCUT2D eigenvalue weighted by Gasteiger charge is 2.37. The van der Waals surface area contributed by atoms with Crippen LogP contribution in [0.25, 0.3) is 10.8 Å². The summed E-state index contributed by atoms with van der Waals surface area (Å²) in [6, 6.07) is 18.9. The third-order valence-corrected chi connectivity index (χ3v) is 6.74. The molecule has 0 saturated carbocycles. The van der Waals surface area contributed by atoms with Gasteiger partial charge in [-0.1, -0.05) is 62.4 Å². The minimum Gasteiger partial charge on any atom is -0.444 e. The number of nitriles is 1. The van der Waals surface area contributed by atoms with E-state index in [1.54, 1.807) is 26.8 Å². The molecule has 0 bridgehead atoms. The fourth-order valence-corrected chi connectivity index (χ4v) is 4.71. The van der Waals surface area contributed by atoms with Crippen LogP contribution in [0.2, 0.25) is 0 Å². The van der Waals surface area contributed by atoms with Gasteiger partial charge in [0.05, 0.1) is 6.07 Å². The van der Waals surface area contributed by atoms with Gasteiger partial charge in [-0.05, 0) is 86.6 Å². The topological polar surface area (TPSA) is 112 Å². The summed E-state index contributed by atoms with van der Waals surface area (Å²) in [7, 11) is 0. The lowest BCUT2D eigenvalue weighted by molar-refractivity contribution is -0.140. The van der Waals surface area contributed by atoms with Crippen molar-refractivity contribution in [3.8, 4) is 6.07 Å². The lowest BCUT2D eigenvalue weighted by atomic mass is 9.94. The average Bonchev–Trinajstić information content (AvgIpc) is 2.88. The number of carbonyl (C=O) groups excluding carboxylic acids is 3. The smallest absolute Gasteiger partial charge is 0.408 e. The molecule has 8 nitrogen and oxygen atoms in total. The summed E-state index contributed by atoms with van der Waals surface area (Å²) in [6.07, 6.45) is -0.441. The van der Waals surface area contributed by atoms with Gasteiger partial charge in [-0.2, -0.15) is 5.26 Å². The van der Waals surface area contributed by atoms with Crippen molar-refractivity contribution in [1.29, 1.82) is 5.26 Å². The van der Waals surface area contributed by atoms with Gasteiger partial charge in [-0.15, -0.1) is 0 Å². The van der Waals surface area contributed by atoms with Crippen LogP contribution in [0.5, 0.6) is 0 Å². The molecule has 0 aromatic heterocycles. The van der Waals surface area contributed by atoms with Crippen LogP contribution in [-0.2, 0) is 14.3 Å². The molecule has 0 spiro atoms. The monoisotopic (exact) mass is 556 g/mol. The first-order chi connectivity index (χ1) is 19.3. The summed E-state index contributed by atoms with van der Waals surface area (Å²) in [6.45, 7) is 12.5. The minimum atomic E-state index is -1.12. The van der Waals surface area contributed by atoms with Crippen LogP contribution in [-0.4, -0.2) is 41.0 Å². The SMILES string of the molecule is Cc1cccc(C(C(=O)Nc2ccc3ccccc3c2)N(CC#N)C(=O)C(CC(C)C)NC(=O)OC(C)(C)C)c1C. The number of nitrogens with one attached hydrogen (secondary N) is 2. The molecular weight excluding hydrogens is 516 g/mol. The molecule has 216 valence electrons. The van der Waals surface area contributed by atoms with Crippen LogP contribution < -0.4 is 10.6 Å². The predicted octanol–water partition coefficient (Wildman–Crippen LogP) is 6.43. The van der Waals surface area contributed by atoms with Crippen LogP contribution in [0, 0.1) is 31.1 Å². The number of benzene rings is 3. The van der Waals surface area contributed by atoms with Crippen LogP contribution in [0.3, 0.4) is 0 Å². The molecule has 41 heavy (non-hydrogen) atoms. The number of fused-ring (bicyclic) bond motifs is 1. The van der Waals surface area contributed by atoms with Crippen LogP contribution in [0.15, 0.2) is 60.7 Å². The molecule has 0 heterocycles. The molecule has 3 amide bonds. The largest absolute Gasteiger partial charge is 0.444 e. The number of nitrogens with zero attached hydrogens (tertiary/aromatic N) is 2. The van der Waals surface area contributed by atoms with Gasteiger partial charge in [-0.3, -0.25) is 9.59 Å². The van der Waals surface area contributed by atoms with E-state index in [0.717, 1.165) is 21.9 Å². The predicted molar refractivity (Wildman–Crippen MR) is 161 cm³/mol. The molecular formula is C33H40N4O4. The number of anilines is 1. The molecule has 0 aliphatic heterocycles. The molecule has 0 fully saturated rings. The molecule has 2 N–H and O–H groups in total. The maximum Gasteiger partial charge on any atom is 0.408 e. The van der Waals surface area contributed by atoms with Gasteiger partial charge in [0, 0.05) is 5.69 Å². The van der Waals surface area contributed by atoms with E-state index in [9.17, 15) is 19.6 Å². The molecule has 3 aromatic carbocycles. The van der Waals surface area contributed by atoms with E-state index in [2.05, 4.69) is 16.7 Å². The summed E-state index contributed by atoms with van der Waals surface area (Å²) in [4.78, 5) is 42.2. The second-order valence-electron chi connectivity index (χ2n) is 11.7. The Kier molecular flexibility index (Phi) is 10.1. The first kappa shape index (κ1) is 31.2. The van der Waals surface area contributed by atoms with E-state index in [4.69, 9.17) is 4.74 Å². The summed E-state index contributed by atoms with van der Waals surface area (Å²) in [5.41, 5.74) is 2.19. The average molecular weight is 557 g/mol. The standard InChI is InChI=1S/C33H40N4O4/c1-21(2)19-28(36-32(40)41-33(5,6)7)31(39)37(18-17-34)29(27-14-10-11-22(3)23(27)4)30(38)35-26-16-15-24-12-8-9-13-25(24)20-26/h8-16,20-21,28-29H,18-19H2,1-7H3,(H,35,38)(H,36,40). The van der Waals surface area contributed by atoms with Crippen molar-refractivity contribution in [2.24, 2.45) is 5.92 Å². The van der Waals surface area contributed by atoms with E-state index in [1.807, 2.05) is 82.3 Å². The fourth-order valence-electron chi connectivity index (χ4n) is 4.71. The van der Waals surface area contributed by atoms with E-state index in [-0.39, 0.29) is 12.5 Å². The highest BCUT2D eigenvalue weighted by atomic mass is 16.6. The highest BCUT2D eigenvalue weighted by molar-refractivity contribution is 6.00. The Hall–Kier alpha value is -4.38. The molecule has 2 unspecified atom stereocenters.